The van der Waals surface area contributed by atoms with Gasteiger partial charge < -0.3 is 5.11 Å². The van der Waals surface area contributed by atoms with Crippen LogP contribution in [0.4, 0.5) is 0 Å². The first-order chi connectivity index (χ1) is 6.43. The van der Waals surface area contributed by atoms with Crippen LogP contribution >= 0.6 is 11.8 Å². The van der Waals surface area contributed by atoms with E-state index in [1.54, 1.807) is 0 Å². The molecule has 0 saturated carbocycles. The fraction of sp³-hybridized carbons (Fsp3) is 1.00. The van der Waals surface area contributed by atoms with Crippen LogP contribution in [0, 0.1) is 0 Å². The summed E-state index contributed by atoms with van der Waals surface area (Å²) < 4.78 is 0. The van der Waals surface area contributed by atoms with Crippen molar-refractivity contribution in [3.05, 3.63) is 0 Å². The van der Waals surface area contributed by atoms with Crippen molar-refractivity contribution in [1.82, 2.24) is 4.90 Å². The third kappa shape index (κ3) is 3.79. The Morgan fingerprint density at radius 1 is 1.36 bits per heavy atom. The molecule has 14 heavy (non-hydrogen) atoms. The second-order valence-electron chi connectivity index (χ2n) is 4.80. The molecule has 0 bridgehead atoms. The summed E-state index contributed by atoms with van der Waals surface area (Å²) in [7, 11) is 0. The third-order valence-corrected chi connectivity index (χ3v) is 4.05. The maximum Gasteiger partial charge on any atom is 0.0743 e. The number of thioether (sulfide) groups is 1. The zero-order valence-corrected chi connectivity index (χ0v) is 10.6. The van der Waals surface area contributed by atoms with E-state index >= 15 is 0 Å². The first-order valence-electron chi connectivity index (χ1n) is 5.53. The van der Waals surface area contributed by atoms with Crippen LogP contribution in [0.25, 0.3) is 0 Å². The standard InChI is InChI=1S/C11H23NOS/c1-5-11(4,13)8-12-6-9(2)14-10(3)7-12/h9-10,13H,5-8H2,1-4H3. The summed E-state index contributed by atoms with van der Waals surface area (Å²) in [6, 6.07) is 0. The van der Waals surface area contributed by atoms with Gasteiger partial charge in [-0.25, -0.2) is 0 Å². The average molecular weight is 217 g/mol. The SMILES string of the molecule is CCC(C)(O)CN1CC(C)SC(C)C1. The van der Waals surface area contributed by atoms with Gasteiger partial charge in [0, 0.05) is 30.1 Å². The Morgan fingerprint density at radius 2 is 1.86 bits per heavy atom. The van der Waals surface area contributed by atoms with Gasteiger partial charge in [-0.3, -0.25) is 4.90 Å². The van der Waals surface area contributed by atoms with E-state index in [1.165, 1.54) is 0 Å². The smallest absolute Gasteiger partial charge is 0.0743 e. The molecule has 0 aromatic heterocycles. The van der Waals surface area contributed by atoms with E-state index in [2.05, 4.69) is 30.5 Å². The molecule has 0 aliphatic carbocycles. The predicted octanol–water partition coefficient (Wildman–Crippen LogP) is 1.97. The summed E-state index contributed by atoms with van der Waals surface area (Å²) in [4.78, 5) is 2.40. The van der Waals surface area contributed by atoms with E-state index in [0.29, 0.717) is 10.5 Å². The number of hydrogen-bond donors (Lipinski definition) is 1. The van der Waals surface area contributed by atoms with E-state index in [1.807, 2.05) is 13.8 Å². The molecule has 0 spiro atoms. The number of β-amino-alcohol motifs (C(OH)–C–C–N with tert-alkyl or cyclic N) is 1. The average Bonchev–Trinajstić information content (AvgIpc) is 2.01. The number of nitrogens with zero attached hydrogens (tertiary/aromatic N) is 1. The summed E-state index contributed by atoms with van der Waals surface area (Å²) in [5.41, 5.74) is -0.512. The van der Waals surface area contributed by atoms with Crippen LogP contribution in [0.1, 0.15) is 34.1 Å². The first kappa shape index (κ1) is 12.3. The summed E-state index contributed by atoms with van der Waals surface area (Å²) in [5.74, 6) is 0. The zero-order valence-electron chi connectivity index (χ0n) is 9.79. The van der Waals surface area contributed by atoms with Crippen molar-refractivity contribution in [2.45, 2.75) is 50.2 Å². The van der Waals surface area contributed by atoms with Gasteiger partial charge in [0.2, 0.25) is 0 Å². The fourth-order valence-corrected chi connectivity index (χ4v) is 3.39. The normalized spacial score (nSPS) is 34.1. The molecule has 1 saturated heterocycles. The third-order valence-electron chi connectivity index (χ3n) is 2.82. The molecule has 2 nitrogen and oxygen atoms in total. The molecule has 1 rings (SSSR count). The molecule has 0 aromatic rings. The molecule has 1 aliphatic rings. The van der Waals surface area contributed by atoms with Crippen molar-refractivity contribution in [2.75, 3.05) is 19.6 Å². The zero-order chi connectivity index (χ0) is 10.8. The minimum atomic E-state index is -0.512. The van der Waals surface area contributed by atoms with Gasteiger partial charge in [-0.15, -0.1) is 0 Å². The molecule has 84 valence electrons. The van der Waals surface area contributed by atoms with Gasteiger partial charge in [0.05, 0.1) is 5.60 Å². The second kappa shape index (κ2) is 4.86. The van der Waals surface area contributed by atoms with Gasteiger partial charge in [0.15, 0.2) is 0 Å². The number of aliphatic hydroxyl groups is 1. The predicted molar refractivity (Wildman–Crippen MR) is 63.9 cm³/mol. The van der Waals surface area contributed by atoms with Gasteiger partial charge in [-0.2, -0.15) is 11.8 Å². The van der Waals surface area contributed by atoms with Gasteiger partial charge in [0.25, 0.3) is 0 Å². The molecule has 0 radical (unpaired) electrons. The van der Waals surface area contributed by atoms with Gasteiger partial charge in [0.1, 0.15) is 0 Å². The Labute approximate surface area is 92.1 Å². The molecule has 0 amide bonds. The Balaban J connectivity index is 2.44. The maximum atomic E-state index is 10.00. The lowest BCUT2D eigenvalue weighted by atomic mass is 10.0. The topological polar surface area (TPSA) is 23.5 Å². The van der Waals surface area contributed by atoms with Crippen molar-refractivity contribution < 1.29 is 5.11 Å². The first-order valence-corrected chi connectivity index (χ1v) is 6.47. The van der Waals surface area contributed by atoms with Crippen LogP contribution < -0.4 is 0 Å². The van der Waals surface area contributed by atoms with E-state index < -0.39 is 5.60 Å². The molecule has 0 aromatic carbocycles. The molecule has 3 atom stereocenters. The van der Waals surface area contributed by atoms with Crippen LogP contribution in [0.3, 0.4) is 0 Å². The molecular formula is C11H23NOS. The molecule has 1 aliphatic heterocycles. The Hall–Kier alpha value is 0.270. The highest BCUT2D eigenvalue weighted by molar-refractivity contribution is 8.00. The van der Waals surface area contributed by atoms with E-state index in [0.717, 1.165) is 26.1 Å². The summed E-state index contributed by atoms with van der Waals surface area (Å²) in [5, 5.41) is 11.4. The largest absolute Gasteiger partial charge is 0.389 e. The van der Waals surface area contributed by atoms with Crippen molar-refractivity contribution in [2.24, 2.45) is 0 Å². The number of hydrogen-bond acceptors (Lipinski definition) is 3. The van der Waals surface area contributed by atoms with E-state index in [9.17, 15) is 5.11 Å². The molecule has 1 fully saturated rings. The lowest BCUT2D eigenvalue weighted by molar-refractivity contribution is 0.0161. The number of rotatable bonds is 3. The van der Waals surface area contributed by atoms with Crippen molar-refractivity contribution in [1.29, 1.82) is 0 Å². The summed E-state index contributed by atoms with van der Waals surface area (Å²) in [6.07, 6.45) is 0.833. The summed E-state index contributed by atoms with van der Waals surface area (Å²) in [6.45, 7) is 11.6. The fourth-order valence-electron chi connectivity index (χ4n) is 2.01. The van der Waals surface area contributed by atoms with Crippen molar-refractivity contribution in [3.63, 3.8) is 0 Å². The monoisotopic (exact) mass is 217 g/mol. The Kier molecular flexibility index (Phi) is 4.29. The lowest BCUT2D eigenvalue weighted by Gasteiger charge is -2.38. The highest BCUT2D eigenvalue weighted by Crippen LogP contribution is 2.26. The lowest BCUT2D eigenvalue weighted by Crippen LogP contribution is -2.47. The Bertz CT molecular complexity index is 174. The highest BCUT2D eigenvalue weighted by atomic mass is 32.2. The molecular weight excluding hydrogens is 194 g/mol. The van der Waals surface area contributed by atoms with Gasteiger partial charge >= 0.3 is 0 Å². The van der Waals surface area contributed by atoms with E-state index in [-0.39, 0.29) is 0 Å². The minimum Gasteiger partial charge on any atom is -0.389 e. The van der Waals surface area contributed by atoms with Crippen LogP contribution in [0.2, 0.25) is 0 Å². The van der Waals surface area contributed by atoms with Crippen LogP contribution in [0.15, 0.2) is 0 Å². The van der Waals surface area contributed by atoms with Crippen molar-refractivity contribution in [3.8, 4) is 0 Å². The van der Waals surface area contributed by atoms with Gasteiger partial charge in [-0.05, 0) is 13.3 Å². The van der Waals surface area contributed by atoms with Gasteiger partial charge in [-0.1, -0.05) is 20.8 Å². The molecule has 1 heterocycles. The Morgan fingerprint density at radius 3 is 2.29 bits per heavy atom. The maximum absolute atomic E-state index is 10.00. The second-order valence-corrected chi connectivity index (χ2v) is 6.68. The molecule has 1 N–H and O–H groups in total. The highest BCUT2D eigenvalue weighted by Gasteiger charge is 2.27. The molecule has 3 unspecified atom stereocenters. The van der Waals surface area contributed by atoms with Crippen LogP contribution in [-0.4, -0.2) is 45.7 Å². The van der Waals surface area contributed by atoms with Crippen LogP contribution in [0.5, 0.6) is 0 Å². The summed E-state index contributed by atoms with van der Waals surface area (Å²) >= 11 is 2.06. The minimum absolute atomic E-state index is 0.512. The quantitative estimate of drug-likeness (QED) is 0.782. The van der Waals surface area contributed by atoms with Crippen molar-refractivity contribution >= 4 is 11.8 Å². The molecule has 3 heteroatoms. The van der Waals surface area contributed by atoms with Crippen LogP contribution in [-0.2, 0) is 0 Å². The van der Waals surface area contributed by atoms with E-state index in [4.69, 9.17) is 0 Å².